The second-order valence-electron chi connectivity index (χ2n) is 5.19. The van der Waals surface area contributed by atoms with E-state index in [4.69, 9.17) is 10.8 Å². The fourth-order valence-electron chi connectivity index (χ4n) is 2.25. The molecule has 0 amide bonds. The molecule has 0 aliphatic carbocycles. The number of hydrogen-bond acceptors (Lipinski definition) is 3. The number of nitrogens with two attached hydrogens (primary N) is 1. The lowest BCUT2D eigenvalue weighted by molar-refractivity contribution is -0.137. The first-order chi connectivity index (χ1) is 9.11. The number of carboxylic acid groups (broad SMARTS) is 1. The van der Waals surface area contributed by atoms with Gasteiger partial charge in [-0.25, -0.2) is 0 Å². The lowest BCUT2D eigenvalue weighted by atomic mass is 9.91. The standard InChI is InChI=1S/C15H29NO3/c1-2-3-4-5-6-7-8-14(17)13(11-12-16)9-10-15(18)19/h13H,2-12,16H2,1H3,(H,18,19). The Morgan fingerprint density at radius 3 is 2.21 bits per heavy atom. The summed E-state index contributed by atoms with van der Waals surface area (Å²) in [7, 11) is 0. The van der Waals surface area contributed by atoms with Crippen molar-refractivity contribution in [2.24, 2.45) is 11.7 Å². The Labute approximate surface area is 116 Å². The molecule has 4 heteroatoms. The second kappa shape index (κ2) is 12.2. The molecule has 0 aromatic rings. The maximum absolute atomic E-state index is 12.0. The quantitative estimate of drug-likeness (QED) is 0.504. The molecule has 0 saturated heterocycles. The number of carbonyl (C=O) groups excluding carboxylic acids is 1. The van der Waals surface area contributed by atoms with Crippen LogP contribution in [0.3, 0.4) is 0 Å². The summed E-state index contributed by atoms with van der Waals surface area (Å²) in [6.45, 7) is 2.63. The Morgan fingerprint density at radius 1 is 1.00 bits per heavy atom. The largest absolute Gasteiger partial charge is 0.481 e. The molecule has 0 aromatic heterocycles. The van der Waals surface area contributed by atoms with Gasteiger partial charge in [-0.2, -0.15) is 0 Å². The molecule has 4 nitrogen and oxygen atoms in total. The summed E-state index contributed by atoms with van der Waals surface area (Å²) in [6.07, 6.45) is 8.64. The van der Waals surface area contributed by atoms with E-state index in [9.17, 15) is 9.59 Å². The molecule has 112 valence electrons. The lowest BCUT2D eigenvalue weighted by Crippen LogP contribution is -2.19. The van der Waals surface area contributed by atoms with E-state index in [2.05, 4.69) is 6.92 Å². The molecule has 0 aliphatic heterocycles. The van der Waals surface area contributed by atoms with Gasteiger partial charge in [0.15, 0.2) is 0 Å². The first-order valence-corrected chi connectivity index (χ1v) is 7.56. The van der Waals surface area contributed by atoms with Crippen LogP contribution in [0, 0.1) is 5.92 Å². The Hall–Kier alpha value is -0.900. The molecule has 0 spiro atoms. The SMILES string of the molecule is CCCCCCCCC(=O)C(CCN)CCC(=O)O. The Kier molecular flexibility index (Phi) is 11.6. The van der Waals surface area contributed by atoms with E-state index in [1.165, 1.54) is 25.7 Å². The Bertz CT molecular complexity index is 254. The number of hydrogen-bond donors (Lipinski definition) is 2. The van der Waals surface area contributed by atoms with Crippen LogP contribution in [-0.2, 0) is 9.59 Å². The van der Waals surface area contributed by atoms with E-state index < -0.39 is 5.97 Å². The maximum Gasteiger partial charge on any atom is 0.303 e. The van der Waals surface area contributed by atoms with E-state index in [-0.39, 0.29) is 18.1 Å². The third-order valence-electron chi connectivity index (χ3n) is 3.45. The third-order valence-corrected chi connectivity index (χ3v) is 3.45. The third kappa shape index (κ3) is 10.7. The molecule has 0 aromatic carbocycles. The predicted octanol–water partition coefficient (Wildman–Crippen LogP) is 3.14. The van der Waals surface area contributed by atoms with E-state index >= 15 is 0 Å². The van der Waals surface area contributed by atoms with Crippen LogP contribution in [0.25, 0.3) is 0 Å². The van der Waals surface area contributed by atoms with Crippen LogP contribution >= 0.6 is 0 Å². The molecular formula is C15H29NO3. The summed E-state index contributed by atoms with van der Waals surface area (Å²) in [5.41, 5.74) is 5.48. The molecular weight excluding hydrogens is 242 g/mol. The predicted molar refractivity (Wildman–Crippen MR) is 77.0 cm³/mol. The van der Waals surface area contributed by atoms with E-state index in [1.54, 1.807) is 0 Å². The molecule has 0 rings (SSSR count). The van der Waals surface area contributed by atoms with Gasteiger partial charge in [0.2, 0.25) is 0 Å². The van der Waals surface area contributed by atoms with Gasteiger partial charge in [-0.05, 0) is 25.8 Å². The number of ketones is 1. The molecule has 19 heavy (non-hydrogen) atoms. The van der Waals surface area contributed by atoms with Crippen LogP contribution in [0.1, 0.15) is 71.1 Å². The van der Waals surface area contributed by atoms with E-state index in [0.29, 0.717) is 25.8 Å². The van der Waals surface area contributed by atoms with Gasteiger partial charge < -0.3 is 10.8 Å². The van der Waals surface area contributed by atoms with E-state index in [0.717, 1.165) is 12.8 Å². The highest BCUT2D eigenvalue weighted by molar-refractivity contribution is 5.81. The fraction of sp³-hybridized carbons (Fsp3) is 0.867. The van der Waals surface area contributed by atoms with Gasteiger partial charge in [-0.15, -0.1) is 0 Å². The first-order valence-electron chi connectivity index (χ1n) is 7.56. The minimum absolute atomic E-state index is 0.0624. The minimum Gasteiger partial charge on any atom is -0.481 e. The molecule has 0 aliphatic rings. The van der Waals surface area contributed by atoms with Crippen molar-refractivity contribution in [3.63, 3.8) is 0 Å². The Morgan fingerprint density at radius 2 is 1.63 bits per heavy atom. The number of aliphatic carboxylic acids is 1. The molecule has 1 unspecified atom stereocenters. The highest BCUT2D eigenvalue weighted by atomic mass is 16.4. The minimum atomic E-state index is -0.839. The maximum atomic E-state index is 12.0. The van der Waals surface area contributed by atoms with Crippen LogP contribution in [0.2, 0.25) is 0 Å². The molecule has 0 bridgehead atoms. The summed E-state index contributed by atoms with van der Waals surface area (Å²) in [5, 5.41) is 8.67. The molecule has 1 atom stereocenters. The summed E-state index contributed by atoms with van der Waals surface area (Å²) >= 11 is 0. The zero-order valence-electron chi connectivity index (χ0n) is 12.2. The summed E-state index contributed by atoms with van der Waals surface area (Å²) in [4.78, 5) is 22.5. The van der Waals surface area contributed by atoms with Crippen LogP contribution in [0.15, 0.2) is 0 Å². The highest BCUT2D eigenvalue weighted by Gasteiger charge is 2.18. The van der Waals surface area contributed by atoms with Gasteiger partial charge in [-0.1, -0.05) is 39.0 Å². The molecule has 0 fully saturated rings. The topological polar surface area (TPSA) is 80.4 Å². The van der Waals surface area contributed by atoms with Crippen molar-refractivity contribution >= 4 is 11.8 Å². The van der Waals surface area contributed by atoms with Crippen molar-refractivity contribution in [3.8, 4) is 0 Å². The molecule has 0 saturated carbocycles. The van der Waals surface area contributed by atoms with Crippen LogP contribution < -0.4 is 5.73 Å². The van der Waals surface area contributed by atoms with Gasteiger partial charge >= 0.3 is 5.97 Å². The van der Waals surface area contributed by atoms with Crippen molar-refractivity contribution in [2.45, 2.75) is 71.1 Å². The average molecular weight is 271 g/mol. The summed E-state index contributed by atoms with van der Waals surface area (Å²) in [6, 6.07) is 0. The number of rotatable bonds is 13. The number of unbranched alkanes of at least 4 members (excludes halogenated alkanes) is 5. The van der Waals surface area contributed by atoms with Crippen molar-refractivity contribution < 1.29 is 14.7 Å². The van der Waals surface area contributed by atoms with Gasteiger partial charge in [-0.3, -0.25) is 9.59 Å². The number of Topliss-reactive ketones (excluding diaryl/α,β-unsaturated/α-hetero) is 1. The Balaban J connectivity index is 3.80. The monoisotopic (exact) mass is 271 g/mol. The zero-order valence-corrected chi connectivity index (χ0v) is 12.2. The number of carbonyl (C=O) groups is 2. The number of carboxylic acids is 1. The van der Waals surface area contributed by atoms with E-state index in [1.807, 2.05) is 0 Å². The summed E-state index contributed by atoms with van der Waals surface area (Å²) < 4.78 is 0. The van der Waals surface area contributed by atoms with Gasteiger partial charge in [0, 0.05) is 18.8 Å². The molecule has 0 heterocycles. The highest BCUT2D eigenvalue weighted by Crippen LogP contribution is 2.16. The van der Waals surface area contributed by atoms with Crippen molar-refractivity contribution in [2.75, 3.05) is 6.54 Å². The second-order valence-corrected chi connectivity index (χ2v) is 5.19. The first kappa shape index (κ1) is 18.1. The zero-order chi connectivity index (χ0) is 14.5. The van der Waals surface area contributed by atoms with Gasteiger partial charge in [0.1, 0.15) is 5.78 Å². The van der Waals surface area contributed by atoms with Crippen molar-refractivity contribution in [3.05, 3.63) is 0 Å². The lowest BCUT2D eigenvalue weighted by Gasteiger charge is -2.13. The average Bonchev–Trinajstić information content (AvgIpc) is 2.38. The normalized spacial score (nSPS) is 12.3. The smallest absolute Gasteiger partial charge is 0.303 e. The van der Waals surface area contributed by atoms with Gasteiger partial charge in [0.25, 0.3) is 0 Å². The molecule has 0 radical (unpaired) electrons. The van der Waals surface area contributed by atoms with Crippen molar-refractivity contribution in [1.29, 1.82) is 0 Å². The van der Waals surface area contributed by atoms with Crippen LogP contribution in [0.4, 0.5) is 0 Å². The fourth-order valence-corrected chi connectivity index (χ4v) is 2.25. The van der Waals surface area contributed by atoms with Crippen LogP contribution in [-0.4, -0.2) is 23.4 Å². The van der Waals surface area contributed by atoms with Crippen molar-refractivity contribution in [1.82, 2.24) is 0 Å². The molecule has 3 N–H and O–H groups in total. The van der Waals surface area contributed by atoms with Gasteiger partial charge in [0.05, 0.1) is 0 Å². The van der Waals surface area contributed by atoms with Crippen LogP contribution in [0.5, 0.6) is 0 Å². The summed E-state index contributed by atoms with van der Waals surface area (Å²) in [5.74, 6) is -0.798.